The summed E-state index contributed by atoms with van der Waals surface area (Å²) >= 11 is 0. The Bertz CT molecular complexity index is 712. The summed E-state index contributed by atoms with van der Waals surface area (Å²) in [6.07, 6.45) is -2.65. The highest BCUT2D eigenvalue weighted by Gasteiger charge is 2.30. The number of halogens is 3. The fourth-order valence-electron chi connectivity index (χ4n) is 2.03. The van der Waals surface area contributed by atoms with Gasteiger partial charge in [0.05, 0.1) is 11.8 Å². The van der Waals surface area contributed by atoms with Gasteiger partial charge in [0.2, 0.25) is 0 Å². The van der Waals surface area contributed by atoms with E-state index in [2.05, 4.69) is 10.6 Å². The van der Waals surface area contributed by atoms with Crippen molar-refractivity contribution in [3.05, 3.63) is 54.0 Å². The van der Waals surface area contributed by atoms with Crippen molar-refractivity contribution in [2.24, 2.45) is 0 Å². The molecule has 2 amide bonds. The van der Waals surface area contributed by atoms with Crippen molar-refractivity contribution in [3.63, 3.8) is 0 Å². The number of carbonyl (C=O) groups excluding carboxylic acids is 2. The third kappa shape index (κ3) is 4.87. The second-order valence-electron chi connectivity index (χ2n) is 5.19. The monoisotopic (exact) mass is 340 g/mol. The molecule has 2 rings (SSSR count). The smallest absolute Gasteiger partial charge is 0.416 e. The van der Waals surface area contributed by atoms with Gasteiger partial charge in [-0.1, -0.05) is 6.07 Å². The molecule has 2 aromatic rings. The normalized spacial score (nSPS) is 12.5. The lowest BCUT2D eigenvalue weighted by Crippen LogP contribution is -2.41. The summed E-state index contributed by atoms with van der Waals surface area (Å²) in [5.74, 6) is -1.34. The van der Waals surface area contributed by atoms with Crippen LogP contribution in [0, 0.1) is 0 Å². The van der Waals surface area contributed by atoms with Crippen molar-refractivity contribution in [1.82, 2.24) is 5.32 Å². The molecule has 1 heterocycles. The molecule has 0 radical (unpaired) electrons. The van der Waals surface area contributed by atoms with Crippen molar-refractivity contribution >= 4 is 17.5 Å². The zero-order chi connectivity index (χ0) is 17.7. The molecule has 0 aliphatic heterocycles. The topological polar surface area (TPSA) is 71.3 Å². The Labute approximate surface area is 135 Å². The molecule has 0 saturated carbocycles. The van der Waals surface area contributed by atoms with Gasteiger partial charge in [-0.25, -0.2) is 0 Å². The molecule has 2 N–H and O–H groups in total. The molecule has 1 aromatic carbocycles. The Morgan fingerprint density at radius 2 is 1.92 bits per heavy atom. The highest BCUT2D eigenvalue weighted by atomic mass is 19.4. The molecular weight excluding hydrogens is 325 g/mol. The van der Waals surface area contributed by atoms with Crippen LogP contribution in [0.25, 0.3) is 0 Å². The molecule has 5 nitrogen and oxygen atoms in total. The molecule has 0 aliphatic carbocycles. The number of benzene rings is 1. The van der Waals surface area contributed by atoms with Gasteiger partial charge < -0.3 is 15.1 Å². The van der Waals surface area contributed by atoms with E-state index in [1.165, 1.54) is 12.3 Å². The van der Waals surface area contributed by atoms with E-state index in [9.17, 15) is 22.8 Å². The maximum absolute atomic E-state index is 12.6. The number of anilines is 1. The van der Waals surface area contributed by atoms with Crippen LogP contribution in [0.15, 0.2) is 47.1 Å². The molecule has 0 saturated heterocycles. The quantitative estimate of drug-likeness (QED) is 0.841. The first-order chi connectivity index (χ1) is 11.3. The molecular formula is C16H15F3N2O3. The van der Waals surface area contributed by atoms with Crippen LogP contribution >= 0.6 is 0 Å². The first-order valence-electron chi connectivity index (χ1n) is 7.07. The maximum atomic E-state index is 12.6. The fourth-order valence-corrected chi connectivity index (χ4v) is 2.03. The van der Waals surface area contributed by atoms with Gasteiger partial charge in [0.1, 0.15) is 5.76 Å². The van der Waals surface area contributed by atoms with Crippen molar-refractivity contribution in [1.29, 1.82) is 0 Å². The second kappa shape index (κ2) is 7.20. The average molecular weight is 340 g/mol. The van der Waals surface area contributed by atoms with Gasteiger partial charge in [0, 0.05) is 18.2 Å². The lowest BCUT2D eigenvalue weighted by atomic mass is 10.2. The lowest BCUT2D eigenvalue weighted by molar-refractivity contribution is -0.137. The zero-order valence-corrected chi connectivity index (χ0v) is 12.7. The Morgan fingerprint density at radius 3 is 2.54 bits per heavy atom. The van der Waals surface area contributed by atoms with Gasteiger partial charge in [-0.15, -0.1) is 0 Å². The van der Waals surface area contributed by atoms with Crippen LogP contribution in [0.4, 0.5) is 18.9 Å². The van der Waals surface area contributed by atoms with Gasteiger partial charge in [0.25, 0.3) is 0 Å². The van der Waals surface area contributed by atoms with E-state index in [0.717, 1.165) is 18.2 Å². The van der Waals surface area contributed by atoms with E-state index >= 15 is 0 Å². The minimum atomic E-state index is -4.53. The summed E-state index contributed by atoms with van der Waals surface area (Å²) < 4.78 is 43.0. The second-order valence-corrected chi connectivity index (χ2v) is 5.19. The minimum Gasteiger partial charge on any atom is -0.469 e. The summed E-state index contributed by atoms with van der Waals surface area (Å²) in [4.78, 5) is 23.6. The van der Waals surface area contributed by atoms with Crippen molar-refractivity contribution in [2.45, 2.75) is 25.6 Å². The SMILES string of the molecule is CC(Cc1ccco1)NC(=O)C(=O)Nc1cccc(C(F)(F)F)c1. The van der Waals surface area contributed by atoms with E-state index in [-0.39, 0.29) is 11.7 Å². The van der Waals surface area contributed by atoms with Gasteiger partial charge in [-0.3, -0.25) is 9.59 Å². The molecule has 0 aliphatic rings. The number of nitrogens with one attached hydrogen (secondary N) is 2. The van der Waals surface area contributed by atoms with Gasteiger partial charge in [-0.2, -0.15) is 13.2 Å². The van der Waals surface area contributed by atoms with Crippen LogP contribution in [0.1, 0.15) is 18.2 Å². The third-order valence-corrected chi connectivity index (χ3v) is 3.12. The molecule has 24 heavy (non-hydrogen) atoms. The summed E-state index contributed by atoms with van der Waals surface area (Å²) in [6, 6.07) is 7.10. The maximum Gasteiger partial charge on any atom is 0.416 e. The largest absolute Gasteiger partial charge is 0.469 e. The first kappa shape index (κ1) is 17.6. The van der Waals surface area contributed by atoms with Crippen molar-refractivity contribution in [3.8, 4) is 0 Å². The number of furan rings is 1. The zero-order valence-electron chi connectivity index (χ0n) is 12.7. The molecule has 0 bridgehead atoms. The number of rotatable bonds is 4. The van der Waals surface area contributed by atoms with E-state index in [1.54, 1.807) is 19.1 Å². The predicted octanol–water partition coefficient (Wildman–Crippen LogP) is 2.98. The highest BCUT2D eigenvalue weighted by Crippen LogP contribution is 2.30. The van der Waals surface area contributed by atoms with Gasteiger partial charge in [-0.05, 0) is 37.3 Å². The van der Waals surface area contributed by atoms with E-state index in [4.69, 9.17) is 4.42 Å². The standard InChI is InChI=1S/C16H15F3N2O3/c1-10(8-13-6-3-7-24-13)20-14(22)15(23)21-12-5-2-4-11(9-12)16(17,18)19/h2-7,9-10H,8H2,1H3,(H,20,22)(H,21,23). The first-order valence-corrected chi connectivity index (χ1v) is 7.07. The van der Waals surface area contributed by atoms with Crippen LogP contribution < -0.4 is 10.6 Å². The Morgan fingerprint density at radius 1 is 1.17 bits per heavy atom. The average Bonchev–Trinajstić information content (AvgIpc) is 2.99. The van der Waals surface area contributed by atoms with E-state index in [1.807, 2.05) is 0 Å². The van der Waals surface area contributed by atoms with Crippen LogP contribution in [0.2, 0.25) is 0 Å². The van der Waals surface area contributed by atoms with Gasteiger partial charge in [0.15, 0.2) is 0 Å². The summed E-state index contributed by atoms with van der Waals surface area (Å²) in [6.45, 7) is 1.68. The Balaban J connectivity index is 1.93. The molecule has 8 heteroatoms. The number of amides is 2. The summed E-state index contributed by atoms with van der Waals surface area (Å²) in [5.41, 5.74) is -1.02. The third-order valence-electron chi connectivity index (χ3n) is 3.12. The van der Waals surface area contributed by atoms with Crippen molar-refractivity contribution < 1.29 is 27.2 Å². The van der Waals surface area contributed by atoms with E-state index < -0.39 is 23.6 Å². The van der Waals surface area contributed by atoms with Gasteiger partial charge >= 0.3 is 18.0 Å². The van der Waals surface area contributed by atoms with Crippen LogP contribution in [0.3, 0.4) is 0 Å². The Hall–Kier alpha value is -2.77. The van der Waals surface area contributed by atoms with Crippen LogP contribution in [0.5, 0.6) is 0 Å². The number of hydrogen-bond acceptors (Lipinski definition) is 3. The lowest BCUT2D eigenvalue weighted by Gasteiger charge is -2.13. The highest BCUT2D eigenvalue weighted by molar-refractivity contribution is 6.39. The summed E-state index contributed by atoms with van der Waals surface area (Å²) in [7, 11) is 0. The number of carbonyl (C=O) groups is 2. The van der Waals surface area contributed by atoms with Crippen molar-refractivity contribution in [2.75, 3.05) is 5.32 Å². The number of hydrogen-bond donors (Lipinski definition) is 2. The fraction of sp³-hybridized carbons (Fsp3) is 0.250. The predicted molar refractivity (Wildman–Crippen MR) is 80.1 cm³/mol. The summed E-state index contributed by atoms with van der Waals surface area (Å²) in [5, 5.41) is 4.59. The van der Waals surface area contributed by atoms with E-state index in [0.29, 0.717) is 12.2 Å². The molecule has 1 atom stereocenters. The molecule has 0 spiro atoms. The molecule has 128 valence electrons. The Kier molecular flexibility index (Phi) is 5.28. The van der Waals surface area contributed by atoms with Crippen LogP contribution in [-0.4, -0.2) is 17.9 Å². The molecule has 0 fully saturated rings. The minimum absolute atomic E-state index is 0.108. The number of alkyl halides is 3. The molecule has 1 aromatic heterocycles. The molecule has 1 unspecified atom stereocenters. The van der Waals surface area contributed by atoms with Crippen LogP contribution in [-0.2, 0) is 22.2 Å².